The first-order valence-electron chi connectivity index (χ1n) is 5.95. The van der Waals surface area contributed by atoms with Gasteiger partial charge in [-0.25, -0.2) is 4.39 Å². The van der Waals surface area contributed by atoms with E-state index in [9.17, 15) is 4.39 Å². The van der Waals surface area contributed by atoms with Crippen molar-refractivity contribution in [2.45, 2.75) is 19.9 Å². The van der Waals surface area contributed by atoms with Gasteiger partial charge in [0.2, 0.25) is 0 Å². The van der Waals surface area contributed by atoms with E-state index in [0.717, 1.165) is 11.3 Å². The third-order valence-electron chi connectivity index (χ3n) is 2.99. The molecule has 0 aliphatic rings. The van der Waals surface area contributed by atoms with E-state index >= 15 is 0 Å². The lowest BCUT2D eigenvalue weighted by molar-refractivity contribution is 0.626. The summed E-state index contributed by atoms with van der Waals surface area (Å²) in [4.78, 5) is 0. The number of rotatable bonds is 3. The number of halogens is 3. The average Bonchev–Trinajstić information content (AvgIpc) is 2.32. The van der Waals surface area contributed by atoms with Gasteiger partial charge in [0.25, 0.3) is 0 Å². The van der Waals surface area contributed by atoms with Crippen LogP contribution in [0.25, 0.3) is 0 Å². The SMILES string of the molecule is Cc1cc(I)ccc1NC(C)c1ccc(F)cc1Cl. The monoisotopic (exact) mass is 389 g/mol. The summed E-state index contributed by atoms with van der Waals surface area (Å²) in [5, 5.41) is 3.85. The first kappa shape index (κ1) is 14.6. The first-order chi connectivity index (χ1) is 8.97. The Hall–Kier alpha value is -0.810. The summed E-state index contributed by atoms with van der Waals surface area (Å²) in [6, 6.07) is 10.7. The van der Waals surface area contributed by atoms with Gasteiger partial charge in [-0.1, -0.05) is 17.7 Å². The summed E-state index contributed by atoms with van der Waals surface area (Å²) >= 11 is 8.36. The molecule has 0 spiro atoms. The summed E-state index contributed by atoms with van der Waals surface area (Å²) in [5.41, 5.74) is 3.13. The van der Waals surface area contributed by atoms with E-state index in [1.807, 2.05) is 13.0 Å². The maximum absolute atomic E-state index is 13.0. The molecule has 4 heteroatoms. The van der Waals surface area contributed by atoms with Crippen LogP contribution in [0, 0.1) is 16.3 Å². The van der Waals surface area contributed by atoms with Gasteiger partial charge in [-0.05, 0) is 77.9 Å². The highest BCUT2D eigenvalue weighted by Crippen LogP contribution is 2.28. The molecular formula is C15H14ClFIN. The number of hydrogen-bond donors (Lipinski definition) is 1. The molecule has 1 N–H and O–H groups in total. The summed E-state index contributed by atoms with van der Waals surface area (Å²) in [6.07, 6.45) is 0. The second-order valence-corrected chi connectivity index (χ2v) is 6.14. The number of benzene rings is 2. The van der Waals surface area contributed by atoms with Crippen LogP contribution in [0.5, 0.6) is 0 Å². The summed E-state index contributed by atoms with van der Waals surface area (Å²) in [6.45, 7) is 4.07. The smallest absolute Gasteiger partial charge is 0.124 e. The molecule has 1 atom stereocenters. The molecule has 0 radical (unpaired) electrons. The van der Waals surface area contributed by atoms with Gasteiger partial charge in [-0.2, -0.15) is 0 Å². The van der Waals surface area contributed by atoms with Gasteiger partial charge < -0.3 is 5.32 Å². The minimum absolute atomic E-state index is 0.0202. The Morgan fingerprint density at radius 2 is 1.95 bits per heavy atom. The third kappa shape index (κ3) is 3.60. The van der Waals surface area contributed by atoms with Crippen LogP contribution in [-0.2, 0) is 0 Å². The van der Waals surface area contributed by atoms with Gasteiger partial charge in [-0.3, -0.25) is 0 Å². The molecule has 1 unspecified atom stereocenters. The van der Waals surface area contributed by atoms with Crippen molar-refractivity contribution in [1.29, 1.82) is 0 Å². The quantitative estimate of drug-likeness (QED) is 0.677. The van der Waals surface area contributed by atoms with Gasteiger partial charge in [-0.15, -0.1) is 0 Å². The molecule has 0 heterocycles. The molecule has 0 aromatic heterocycles. The lowest BCUT2D eigenvalue weighted by Gasteiger charge is -2.18. The molecule has 2 aromatic rings. The molecule has 0 aliphatic heterocycles. The molecule has 0 fully saturated rings. The molecular weight excluding hydrogens is 376 g/mol. The summed E-state index contributed by atoms with van der Waals surface area (Å²) in [5.74, 6) is -0.314. The van der Waals surface area contributed by atoms with E-state index in [4.69, 9.17) is 11.6 Å². The van der Waals surface area contributed by atoms with Gasteiger partial charge in [0, 0.05) is 14.3 Å². The van der Waals surface area contributed by atoms with Gasteiger partial charge in [0.15, 0.2) is 0 Å². The fraction of sp³-hybridized carbons (Fsp3) is 0.200. The van der Waals surface area contributed by atoms with Crippen molar-refractivity contribution < 1.29 is 4.39 Å². The van der Waals surface area contributed by atoms with Crippen LogP contribution in [-0.4, -0.2) is 0 Å². The standard InChI is InChI=1S/C15H14ClFIN/c1-9-7-12(18)4-6-15(9)19-10(2)13-5-3-11(17)8-14(13)16/h3-8,10,19H,1-2H3. The second-order valence-electron chi connectivity index (χ2n) is 4.49. The molecule has 0 saturated heterocycles. The summed E-state index contributed by atoms with van der Waals surface area (Å²) < 4.78 is 14.2. The molecule has 0 saturated carbocycles. The zero-order chi connectivity index (χ0) is 14.0. The summed E-state index contributed by atoms with van der Waals surface area (Å²) in [7, 11) is 0. The van der Waals surface area contributed by atoms with Crippen LogP contribution < -0.4 is 5.32 Å². The Balaban J connectivity index is 2.23. The lowest BCUT2D eigenvalue weighted by Crippen LogP contribution is -2.08. The Morgan fingerprint density at radius 3 is 2.58 bits per heavy atom. The third-order valence-corrected chi connectivity index (χ3v) is 3.99. The molecule has 0 amide bonds. The first-order valence-corrected chi connectivity index (χ1v) is 7.40. The van der Waals surface area contributed by atoms with E-state index in [-0.39, 0.29) is 11.9 Å². The van der Waals surface area contributed by atoms with Crippen molar-refractivity contribution in [1.82, 2.24) is 0 Å². The van der Waals surface area contributed by atoms with Crippen molar-refractivity contribution in [2.75, 3.05) is 5.32 Å². The topological polar surface area (TPSA) is 12.0 Å². The molecule has 0 aliphatic carbocycles. The predicted molar refractivity (Wildman–Crippen MR) is 87.3 cm³/mol. The van der Waals surface area contributed by atoms with Crippen LogP contribution in [0.1, 0.15) is 24.1 Å². The zero-order valence-electron chi connectivity index (χ0n) is 10.7. The molecule has 1 nitrogen and oxygen atoms in total. The van der Waals surface area contributed by atoms with E-state index < -0.39 is 0 Å². The average molecular weight is 390 g/mol. The Morgan fingerprint density at radius 1 is 1.21 bits per heavy atom. The second kappa shape index (κ2) is 6.09. The van der Waals surface area contributed by atoms with Gasteiger partial charge in [0.05, 0.1) is 6.04 Å². The fourth-order valence-electron chi connectivity index (χ4n) is 1.95. The highest BCUT2D eigenvalue weighted by Gasteiger charge is 2.11. The van der Waals surface area contributed by atoms with Crippen LogP contribution in [0.4, 0.5) is 10.1 Å². The molecule has 2 rings (SSSR count). The van der Waals surface area contributed by atoms with Crippen molar-refractivity contribution in [3.63, 3.8) is 0 Å². The van der Waals surface area contributed by atoms with E-state index in [2.05, 4.69) is 47.0 Å². The van der Waals surface area contributed by atoms with Crippen LogP contribution in [0.3, 0.4) is 0 Å². The minimum Gasteiger partial charge on any atom is -0.378 e. The van der Waals surface area contributed by atoms with Crippen molar-refractivity contribution in [3.05, 3.63) is 61.9 Å². The Bertz CT molecular complexity index is 601. The zero-order valence-corrected chi connectivity index (χ0v) is 13.6. The van der Waals surface area contributed by atoms with Crippen molar-refractivity contribution in [2.24, 2.45) is 0 Å². The van der Waals surface area contributed by atoms with Gasteiger partial charge >= 0.3 is 0 Å². The Kier molecular flexibility index (Phi) is 4.68. The molecule has 19 heavy (non-hydrogen) atoms. The highest BCUT2D eigenvalue weighted by molar-refractivity contribution is 14.1. The van der Waals surface area contributed by atoms with Crippen molar-refractivity contribution >= 4 is 39.9 Å². The number of aryl methyl sites for hydroxylation is 1. The molecule has 2 aromatic carbocycles. The normalized spacial score (nSPS) is 12.3. The van der Waals surface area contributed by atoms with E-state index in [0.29, 0.717) is 5.02 Å². The lowest BCUT2D eigenvalue weighted by atomic mass is 10.1. The largest absolute Gasteiger partial charge is 0.378 e. The predicted octanol–water partition coefficient (Wildman–Crippen LogP) is 5.57. The van der Waals surface area contributed by atoms with E-state index in [1.54, 1.807) is 6.07 Å². The molecule has 0 bridgehead atoms. The number of hydrogen-bond acceptors (Lipinski definition) is 1. The van der Waals surface area contributed by atoms with Gasteiger partial charge in [0.1, 0.15) is 5.82 Å². The fourth-order valence-corrected chi connectivity index (χ4v) is 2.93. The van der Waals surface area contributed by atoms with Crippen LogP contribution in [0.15, 0.2) is 36.4 Å². The maximum atomic E-state index is 13.0. The Labute approximate surface area is 131 Å². The maximum Gasteiger partial charge on any atom is 0.124 e. The van der Waals surface area contributed by atoms with Crippen molar-refractivity contribution in [3.8, 4) is 0 Å². The number of nitrogens with one attached hydrogen (secondary N) is 1. The highest BCUT2D eigenvalue weighted by atomic mass is 127. The van der Waals surface area contributed by atoms with E-state index in [1.165, 1.54) is 21.3 Å². The molecule has 100 valence electrons. The van der Waals surface area contributed by atoms with Crippen LogP contribution in [0.2, 0.25) is 5.02 Å². The van der Waals surface area contributed by atoms with Crippen LogP contribution >= 0.6 is 34.2 Å². The number of anilines is 1. The minimum atomic E-state index is -0.314.